The van der Waals surface area contributed by atoms with Gasteiger partial charge in [0.05, 0.1) is 0 Å². The van der Waals surface area contributed by atoms with Crippen LogP contribution in [0.1, 0.15) is 43.7 Å². The standard InChI is InChI=1S/C22H27ClN2O/c1-17(26)25(15-18-6-3-2-4-7-18)21-10-12-22(16-24,13-11-21)19-8-5-9-20(23)14-19/h2-9,14,21H,10-13,15-16,24H2,1H3/t21-,22-. The maximum atomic E-state index is 12.3. The quantitative estimate of drug-likeness (QED) is 0.840. The third-order valence-corrected chi connectivity index (χ3v) is 6.02. The van der Waals surface area contributed by atoms with E-state index in [2.05, 4.69) is 18.2 Å². The Kier molecular flexibility index (Phi) is 6.00. The second-order valence-electron chi connectivity index (χ2n) is 7.36. The van der Waals surface area contributed by atoms with Gasteiger partial charge in [-0.05, 0) is 48.9 Å². The van der Waals surface area contributed by atoms with Crippen molar-refractivity contribution < 1.29 is 4.79 Å². The molecule has 1 saturated carbocycles. The fourth-order valence-electron chi connectivity index (χ4n) is 4.17. The number of rotatable bonds is 5. The first kappa shape index (κ1) is 18.9. The zero-order valence-corrected chi connectivity index (χ0v) is 16.1. The van der Waals surface area contributed by atoms with Crippen molar-refractivity contribution in [2.24, 2.45) is 5.73 Å². The van der Waals surface area contributed by atoms with Gasteiger partial charge in [-0.25, -0.2) is 0 Å². The summed E-state index contributed by atoms with van der Waals surface area (Å²) in [4.78, 5) is 14.3. The molecule has 2 N–H and O–H groups in total. The SMILES string of the molecule is CC(=O)N(Cc1ccccc1)[C@H]1CC[C@](CN)(c2cccc(Cl)c2)CC1. The summed E-state index contributed by atoms with van der Waals surface area (Å²) in [6.45, 7) is 2.96. The summed E-state index contributed by atoms with van der Waals surface area (Å²) < 4.78 is 0. The third-order valence-electron chi connectivity index (χ3n) is 5.78. The maximum absolute atomic E-state index is 12.3. The topological polar surface area (TPSA) is 46.3 Å². The van der Waals surface area contributed by atoms with Crippen molar-refractivity contribution in [3.63, 3.8) is 0 Å². The number of hydrogen-bond acceptors (Lipinski definition) is 2. The Morgan fingerprint density at radius 1 is 1.15 bits per heavy atom. The van der Waals surface area contributed by atoms with Gasteiger partial charge in [-0.3, -0.25) is 4.79 Å². The zero-order valence-electron chi connectivity index (χ0n) is 15.3. The number of nitrogens with two attached hydrogens (primary N) is 1. The Bertz CT molecular complexity index is 739. The van der Waals surface area contributed by atoms with E-state index in [-0.39, 0.29) is 17.4 Å². The molecule has 1 amide bonds. The molecule has 0 aromatic heterocycles. The molecule has 0 aliphatic heterocycles. The van der Waals surface area contributed by atoms with E-state index >= 15 is 0 Å². The number of benzene rings is 2. The largest absolute Gasteiger partial charge is 0.336 e. The van der Waals surface area contributed by atoms with Crippen molar-refractivity contribution >= 4 is 17.5 Å². The van der Waals surface area contributed by atoms with Crippen LogP contribution in [0.4, 0.5) is 0 Å². The Labute approximate surface area is 161 Å². The van der Waals surface area contributed by atoms with Crippen LogP contribution in [0, 0.1) is 0 Å². The summed E-state index contributed by atoms with van der Waals surface area (Å²) in [6.07, 6.45) is 3.90. The highest BCUT2D eigenvalue weighted by molar-refractivity contribution is 6.30. The lowest BCUT2D eigenvalue weighted by Gasteiger charge is -2.43. The molecule has 1 aliphatic rings. The van der Waals surface area contributed by atoms with Gasteiger partial charge < -0.3 is 10.6 Å². The number of carbonyl (C=O) groups excluding carboxylic acids is 1. The van der Waals surface area contributed by atoms with Gasteiger partial charge in [-0.1, -0.05) is 54.1 Å². The third kappa shape index (κ3) is 4.11. The molecule has 0 heterocycles. The molecule has 0 spiro atoms. The average Bonchev–Trinajstić information content (AvgIpc) is 2.67. The van der Waals surface area contributed by atoms with Crippen LogP contribution in [-0.2, 0) is 16.8 Å². The molecule has 0 unspecified atom stereocenters. The van der Waals surface area contributed by atoms with Gasteiger partial charge in [-0.2, -0.15) is 0 Å². The lowest BCUT2D eigenvalue weighted by Crippen LogP contribution is -2.46. The smallest absolute Gasteiger partial charge is 0.219 e. The minimum Gasteiger partial charge on any atom is -0.336 e. The van der Waals surface area contributed by atoms with E-state index in [0.717, 1.165) is 30.7 Å². The van der Waals surface area contributed by atoms with Crippen molar-refractivity contribution in [1.82, 2.24) is 4.90 Å². The fraction of sp³-hybridized carbons (Fsp3) is 0.409. The van der Waals surface area contributed by atoms with E-state index in [4.69, 9.17) is 17.3 Å². The molecule has 0 saturated heterocycles. The monoisotopic (exact) mass is 370 g/mol. The summed E-state index contributed by atoms with van der Waals surface area (Å²) in [5, 5.41) is 0.756. The van der Waals surface area contributed by atoms with Crippen LogP contribution in [-0.4, -0.2) is 23.4 Å². The van der Waals surface area contributed by atoms with Crippen LogP contribution in [0.3, 0.4) is 0 Å². The van der Waals surface area contributed by atoms with Gasteiger partial charge in [0.25, 0.3) is 0 Å². The summed E-state index contributed by atoms with van der Waals surface area (Å²) in [5.41, 5.74) is 8.57. The van der Waals surface area contributed by atoms with E-state index in [9.17, 15) is 4.79 Å². The molecular weight excluding hydrogens is 344 g/mol. The van der Waals surface area contributed by atoms with Crippen LogP contribution < -0.4 is 5.73 Å². The lowest BCUT2D eigenvalue weighted by molar-refractivity contribution is -0.132. The van der Waals surface area contributed by atoms with Crippen LogP contribution in [0.25, 0.3) is 0 Å². The van der Waals surface area contributed by atoms with Crippen molar-refractivity contribution in [2.75, 3.05) is 6.54 Å². The first-order valence-electron chi connectivity index (χ1n) is 9.31. The minimum atomic E-state index is -0.0311. The molecule has 1 aliphatic carbocycles. The molecule has 26 heavy (non-hydrogen) atoms. The first-order valence-corrected chi connectivity index (χ1v) is 9.69. The summed E-state index contributed by atoms with van der Waals surface area (Å²) >= 11 is 6.20. The zero-order chi connectivity index (χ0) is 18.6. The van der Waals surface area contributed by atoms with Crippen LogP contribution in [0.2, 0.25) is 5.02 Å². The Hall–Kier alpha value is -1.84. The summed E-state index contributed by atoms with van der Waals surface area (Å²) in [5.74, 6) is 0.141. The second kappa shape index (κ2) is 8.24. The van der Waals surface area contributed by atoms with Gasteiger partial charge in [0.15, 0.2) is 0 Å². The van der Waals surface area contributed by atoms with Crippen LogP contribution in [0.15, 0.2) is 54.6 Å². The molecule has 2 aromatic carbocycles. The lowest BCUT2D eigenvalue weighted by atomic mass is 9.68. The first-order chi connectivity index (χ1) is 12.5. The van der Waals surface area contributed by atoms with E-state index in [0.29, 0.717) is 13.1 Å². The molecule has 1 fully saturated rings. The number of nitrogens with zero attached hydrogens (tertiary/aromatic N) is 1. The van der Waals surface area contributed by atoms with Crippen molar-refractivity contribution in [1.29, 1.82) is 0 Å². The second-order valence-corrected chi connectivity index (χ2v) is 7.79. The van der Waals surface area contributed by atoms with Gasteiger partial charge >= 0.3 is 0 Å². The molecule has 138 valence electrons. The van der Waals surface area contributed by atoms with Crippen LogP contribution >= 0.6 is 11.6 Å². The maximum Gasteiger partial charge on any atom is 0.219 e. The number of hydrogen-bond donors (Lipinski definition) is 1. The highest BCUT2D eigenvalue weighted by Gasteiger charge is 2.38. The Morgan fingerprint density at radius 3 is 2.42 bits per heavy atom. The average molecular weight is 371 g/mol. The van der Waals surface area contributed by atoms with Gasteiger partial charge in [0.2, 0.25) is 5.91 Å². The van der Waals surface area contributed by atoms with Crippen molar-refractivity contribution in [3.8, 4) is 0 Å². The highest BCUT2D eigenvalue weighted by atomic mass is 35.5. The predicted octanol–water partition coefficient (Wildman–Crippen LogP) is 4.53. The molecule has 2 aromatic rings. The summed E-state index contributed by atoms with van der Waals surface area (Å²) in [7, 11) is 0. The molecule has 3 rings (SSSR count). The molecular formula is C22H27ClN2O. The van der Waals surface area contributed by atoms with E-state index in [1.165, 1.54) is 11.1 Å². The normalized spacial score (nSPS) is 22.8. The van der Waals surface area contributed by atoms with Gasteiger partial charge in [0, 0.05) is 36.5 Å². The highest BCUT2D eigenvalue weighted by Crippen LogP contribution is 2.41. The summed E-state index contributed by atoms with van der Waals surface area (Å²) in [6, 6.07) is 18.5. The molecule has 4 heteroatoms. The van der Waals surface area contributed by atoms with Crippen molar-refractivity contribution in [2.45, 2.75) is 50.6 Å². The molecule has 0 bridgehead atoms. The van der Waals surface area contributed by atoms with Gasteiger partial charge in [-0.15, -0.1) is 0 Å². The Balaban J connectivity index is 1.73. The Morgan fingerprint density at radius 2 is 1.85 bits per heavy atom. The molecule has 0 atom stereocenters. The van der Waals surface area contributed by atoms with Crippen LogP contribution in [0.5, 0.6) is 0 Å². The number of carbonyl (C=O) groups is 1. The fourth-order valence-corrected chi connectivity index (χ4v) is 4.36. The molecule has 0 radical (unpaired) electrons. The van der Waals surface area contributed by atoms with E-state index in [1.54, 1.807) is 6.92 Å². The molecule has 3 nitrogen and oxygen atoms in total. The van der Waals surface area contributed by atoms with Gasteiger partial charge in [0.1, 0.15) is 0 Å². The van der Waals surface area contributed by atoms with Crippen molar-refractivity contribution in [3.05, 3.63) is 70.7 Å². The van der Waals surface area contributed by atoms with E-state index in [1.807, 2.05) is 41.3 Å². The number of halogens is 1. The minimum absolute atomic E-state index is 0.0311. The van der Waals surface area contributed by atoms with E-state index < -0.39 is 0 Å². The number of amides is 1. The predicted molar refractivity (Wildman–Crippen MR) is 107 cm³/mol.